The highest BCUT2D eigenvalue weighted by atomic mass is 16.2. The van der Waals surface area contributed by atoms with E-state index in [0.29, 0.717) is 0 Å². The molecule has 30 valence electrons. The van der Waals surface area contributed by atoms with E-state index in [1.807, 2.05) is 0 Å². The van der Waals surface area contributed by atoms with Gasteiger partial charge in [-0.15, -0.1) is 9.98 Å². The molecular formula is C3H4N2O+2. The van der Waals surface area contributed by atoms with Crippen molar-refractivity contribution in [1.29, 1.82) is 0 Å². The van der Waals surface area contributed by atoms with Gasteiger partial charge in [-0.05, 0) is 0 Å². The monoisotopic (exact) mass is 84.0 g/mol. The zero-order chi connectivity index (χ0) is 4.41. The van der Waals surface area contributed by atoms with Crippen LogP contribution in [0.3, 0.4) is 0 Å². The van der Waals surface area contributed by atoms with Crippen LogP contribution in [0.1, 0.15) is 0 Å². The molecule has 0 spiro atoms. The largest absolute Gasteiger partial charge is 0.668 e. The zero-order valence-corrected chi connectivity index (χ0v) is 3.06. The number of urea groups is 1. The highest BCUT2D eigenvalue weighted by molar-refractivity contribution is 6.13. The normalized spacial score (nSPS) is 17.0. The van der Waals surface area contributed by atoms with Crippen LogP contribution in [0.15, 0.2) is 0 Å². The molecule has 1 aliphatic rings. The second kappa shape index (κ2) is 1.01. The third-order valence-electron chi connectivity index (χ3n) is 0.512. The number of amides is 2. The van der Waals surface area contributed by atoms with Crippen LogP contribution in [-0.4, -0.2) is 18.5 Å². The van der Waals surface area contributed by atoms with Crippen molar-refractivity contribution in [2.75, 3.05) is 0 Å². The minimum Gasteiger partial charge on any atom is -0.151 e. The second-order valence-corrected chi connectivity index (χ2v) is 0.951. The van der Waals surface area contributed by atoms with E-state index in [0.717, 1.165) is 0 Å². The van der Waals surface area contributed by atoms with Crippen LogP contribution in [0, 0.1) is 0 Å². The topological polar surface area (TPSA) is 45.0 Å². The van der Waals surface area contributed by atoms with Gasteiger partial charge in [-0.1, -0.05) is 0 Å². The van der Waals surface area contributed by atoms with E-state index in [9.17, 15) is 4.79 Å². The maximum absolute atomic E-state index is 9.96. The number of carbonyl (C=O) groups excluding carboxylic acids is 1. The van der Waals surface area contributed by atoms with Crippen LogP contribution < -0.4 is 9.98 Å². The molecular weight excluding hydrogens is 80.0 g/mol. The van der Waals surface area contributed by atoms with Crippen LogP contribution in [0.2, 0.25) is 0 Å². The molecule has 2 amide bonds. The van der Waals surface area contributed by atoms with E-state index in [2.05, 4.69) is 9.98 Å². The summed E-state index contributed by atoms with van der Waals surface area (Å²) in [6, 6.07) is -0.157. The highest BCUT2D eigenvalue weighted by Crippen LogP contribution is 1.26. The van der Waals surface area contributed by atoms with Gasteiger partial charge in [0.25, 0.3) is 0 Å². The molecule has 0 saturated heterocycles. The van der Waals surface area contributed by atoms with Crippen molar-refractivity contribution >= 4 is 18.5 Å². The number of hydrogen-bond acceptors (Lipinski definition) is 1. The minimum absolute atomic E-state index is 0.157. The van der Waals surface area contributed by atoms with Crippen molar-refractivity contribution in [2.24, 2.45) is 0 Å². The number of nitrogens with one attached hydrogen (secondary N) is 2. The average Bonchev–Trinajstić information content (AvgIpc) is 1.86. The third kappa shape index (κ3) is 0.337. The smallest absolute Gasteiger partial charge is 0.151 e. The third-order valence-corrected chi connectivity index (χ3v) is 0.512. The summed E-state index contributed by atoms with van der Waals surface area (Å²) < 4.78 is 0. The lowest BCUT2D eigenvalue weighted by Crippen LogP contribution is -2.90. The van der Waals surface area contributed by atoms with Crippen LogP contribution in [-0.2, 0) is 0 Å². The fraction of sp³-hybridized carbons (Fsp3) is 0. The number of hydrogen-bond donors (Lipinski definition) is 2. The van der Waals surface area contributed by atoms with Gasteiger partial charge in [-0.3, -0.25) is 0 Å². The summed E-state index contributed by atoms with van der Waals surface area (Å²) in [6.45, 7) is 0. The van der Waals surface area contributed by atoms with Crippen molar-refractivity contribution in [3.8, 4) is 0 Å². The lowest BCUT2D eigenvalue weighted by molar-refractivity contribution is -0.482. The van der Waals surface area contributed by atoms with Crippen molar-refractivity contribution in [2.45, 2.75) is 0 Å². The molecule has 0 bridgehead atoms. The van der Waals surface area contributed by atoms with Crippen LogP contribution in [0.25, 0.3) is 0 Å². The van der Waals surface area contributed by atoms with Gasteiger partial charge in [0.05, 0.1) is 0 Å². The van der Waals surface area contributed by atoms with Crippen LogP contribution in [0.4, 0.5) is 4.79 Å². The lowest BCUT2D eigenvalue weighted by Gasteiger charge is -1.45. The standard InChI is InChI=1S/C3H2N2O/c6-3-4-1-2-5-3/h1-2H/p+2. The molecule has 0 fully saturated rings. The van der Waals surface area contributed by atoms with Gasteiger partial charge in [-0.25, -0.2) is 0 Å². The van der Waals surface area contributed by atoms with Gasteiger partial charge in [-0.2, -0.15) is 4.79 Å². The minimum atomic E-state index is -0.157. The Morgan fingerprint density at radius 1 is 1.33 bits per heavy atom. The molecule has 0 aromatic carbocycles. The zero-order valence-electron chi connectivity index (χ0n) is 3.06. The first-order valence-electron chi connectivity index (χ1n) is 1.61. The molecule has 1 aliphatic heterocycles. The summed E-state index contributed by atoms with van der Waals surface area (Å²) in [6.07, 6.45) is 3.09. The van der Waals surface area contributed by atoms with Crippen molar-refractivity contribution < 1.29 is 14.8 Å². The molecule has 3 heteroatoms. The van der Waals surface area contributed by atoms with Gasteiger partial charge in [0, 0.05) is 0 Å². The molecule has 0 unspecified atom stereocenters. The molecule has 3 nitrogen and oxygen atoms in total. The first kappa shape index (κ1) is 3.21. The van der Waals surface area contributed by atoms with E-state index >= 15 is 0 Å². The quantitative estimate of drug-likeness (QED) is 0.313. The molecule has 1 heterocycles. The maximum Gasteiger partial charge on any atom is 0.668 e. The first-order chi connectivity index (χ1) is 2.89. The molecule has 2 N–H and O–H groups in total. The fourth-order valence-corrected chi connectivity index (χ4v) is 0.276. The van der Waals surface area contributed by atoms with E-state index in [-0.39, 0.29) is 6.03 Å². The Labute approximate surface area is 34.4 Å². The molecule has 0 aliphatic carbocycles. The van der Waals surface area contributed by atoms with Gasteiger partial charge < -0.3 is 0 Å². The number of carbonyl (C=O) groups is 1. The summed E-state index contributed by atoms with van der Waals surface area (Å²) in [4.78, 5) is 14.7. The van der Waals surface area contributed by atoms with E-state index < -0.39 is 0 Å². The highest BCUT2D eigenvalue weighted by Gasteiger charge is 2.11. The summed E-state index contributed by atoms with van der Waals surface area (Å²) in [5, 5.41) is 0. The van der Waals surface area contributed by atoms with Crippen molar-refractivity contribution in [3.63, 3.8) is 0 Å². The van der Waals surface area contributed by atoms with Gasteiger partial charge in [0.2, 0.25) is 12.4 Å². The SMILES string of the molecule is O=C1[NH+]=CC=[NH+]1. The molecule has 0 radical (unpaired) electrons. The lowest BCUT2D eigenvalue weighted by atomic mass is 10.9. The van der Waals surface area contributed by atoms with Gasteiger partial charge >= 0.3 is 6.03 Å². The first-order valence-corrected chi connectivity index (χ1v) is 1.61. The second-order valence-electron chi connectivity index (χ2n) is 0.951. The Kier molecular flexibility index (Phi) is 0.538. The van der Waals surface area contributed by atoms with Crippen molar-refractivity contribution in [3.05, 3.63) is 0 Å². The molecule has 0 atom stereocenters. The molecule has 6 heavy (non-hydrogen) atoms. The number of rotatable bonds is 0. The van der Waals surface area contributed by atoms with E-state index in [1.54, 1.807) is 12.4 Å². The van der Waals surface area contributed by atoms with Gasteiger partial charge in [0.15, 0.2) is 0 Å². The van der Waals surface area contributed by atoms with Gasteiger partial charge in [0.1, 0.15) is 0 Å². The maximum atomic E-state index is 9.96. The van der Waals surface area contributed by atoms with Crippen LogP contribution >= 0.6 is 0 Å². The average molecular weight is 84.1 g/mol. The Balaban J connectivity index is 2.86. The van der Waals surface area contributed by atoms with Crippen LogP contribution in [0.5, 0.6) is 0 Å². The Hall–Kier alpha value is -0.990. The Morgan fingerprint density at radius 2 is 1.83 bits per heavy atom. The van der Waals surface area contributed by atoms with E-state index in [4.69, 9.17) is 0 Å². The molecule has 0 saturated carbocycles. The molecule has 0 aromatic rings. The molecule has 1 rings (SSSR count). The predicted molar refractivity (Wildman–Crippen MR) is 19.4 cm³/mol. The molecule has 0 aromatic heterocycles. The Bertz CT molecular complexity index is 111. The van der Waals surface area contributed by atoms with E-state index in [1.165, 1.54) is 0 Å². The summed E-state index contributed by atoms with van der Waals surface area (Å²) >= 11 is 0. The fourth-order valence-electron chi connectivity index (χ4n) is 0.276. The summed E-state index contributed by atoms with van der Waals surface area (Å²) in [5.74, 6) is 0. The van der Waals surface area contributed by atoms with Crippen molar-refractivity contribution in [1.82, 2.24) is 0 Å². The predicted octanol–water partition coefficient (Wildman–Crippen LogP) is -3.58. The summed E-state index contributed by atoms with van der Waals surface area (Å²) in [5.41, 5.74) is 0. The summed E-state index contributed by atoms with van der Waals surface area (Å²) in [7, 11) is 0. The Morgan fingerprint density at radius 3 is 2.00 bits per heavy atom.